The van der Waals surface area contributed by atoms with Gasteiger partial charge in [-0.25, -0.2) is 0 Å². The van der Waals surface area contributed by atoms with Gasteiger partial charge in [-0.15, -0.1) is 11.3 Å². The van der Waals surface area contributed by atoms with Crippen molar-refractivity contribution in [3.8, 4) is 0 Å². The van der Waals surface area contributed by atoms with Gasteiger partial charge in [0.25, 0.3) is 0 Å². The molecule has 2 N–H and O–H groups in total. The van der Waals surface area contributed by atoms with Crippen LogP contribution in [0.1, 0.15) is 10.4 Å². The minimum atomic E-state index is -0.587. The molecule has 2 amide bonds. The van der Waals surface area contributed by atoms with E-state index in [2.05, 4.69) is 16.4 Å². The number of hydrogen-bond donors (Lipinski definition) is 2. The molecule has 3 heterocycles. The number of rotatable bonds is 6. The lowest BCUT2D eigenvalue weighted by atomic mass is 10.1. The van der Waals surface area contributed by atoms with Crippen LogP contribution in [-0.2, 0) is 27.3 Å². The summed E-state index contributed by atoms with van der Waals surface area (Å²) < 4.78 is 5.32. The second-order valence-electron chi connectivity index (χ2n) is 6.53. The molecule has 0 unspecified atom stereocenters. The first-order chi connectivity index (χ1) is 13.2. The van der Waals surface area contributed by atoms with E-state index in [4.69, 9.17) is 4.74 Å². The highest BCUT2D eigenvalue weighted by atomic mass is 32.1. The molecular weight excluding hydrogens is 362 g/mol. The van der Waals surface area contributed by atoms with Crippen molar-refractivity contribution in [2.24, 2.45) is 0 Å². The Morgan fingerprint density at radius 3 is 3.04 bits per heavy atom. The largest absolute Gasteiger partial charge is 0.369 e. The minimum absolute atomic E-state index is 0.0322. The summed E-state index contributed by atoms with van der Waals surface area (Å²) in [5, 5.41) is 6.10. The molecule has 1 aromatic carbocycles. The molecule has 1 aliphatic rings. The zero-order chi connectivity index (χ0) is 18.6. The molecule has 6 nitrogen and oxygen atoms in total. The van der Waals surface area contributed by atoms with E-state index in [9.17, 15) is 9.59 Å². The summed E-state index contributed by atoms with van der Waals surface area (Å²) in [5.41, 5.74) is 2.25. The number of ether oxygens (including phenoxy) is 1. The van der Waals surface area contributed by atoms with Crippen LogP contribution in [0.2, 0.25) is 0 Å². The monoisotopic (exact) mass is 383 g/mol. The number of morpholine rings is 1. The fourth-order valence-corrected chi connectivity index (χ4v) is 4.07. The molecule has 1 atom stereocenters. The molecule has 27 heavy (non-hydrogen) atoms. The predicted molar refractivity (Wildman–Crippen MR) is 104 cm³/mol. The lowest BCUT2D eigenvalue weighted by molar-refractivity contribution is -0.155. The van der Waals surface area contributed by atoms with Crippen molar-refractivity contribution in [1.82, 2.24) is 15.2 Å². The lowest BCUT2D eigenvalue weighted by Crippen LogP contribution is -2.56. The van der Waals surface area contributed by atoms with Crippen molar-refractivity contribution < 1.29 is 14.3 Å². The van der Waals surface area contributed by atoms with Gasteiger partial charge in [-0.2, -0.15) is 0 Å². The van der Waals surface area contributed by atoms with Gasteiger partial charge >= 0.3 is 0 Å². The molecule has 2 aromatic heterocycles. The number of hydrogen-bond acceptors (Lipinski definition) is 4. The molecule has 0 spiro atoms. The number of fused-ring (bicyclic) bond motifs is 1. The number of amides is 2. The first kappa shape index (κ1) is 17.8. The molecule has 1 saturated heterocycles. The first-order valence-electron chi connectivity index (χ1n) is 8.94. The van der Waals surface area contributed by atoms with Gasteiger partial charge in [-0.3, -0.25) is 9.59 Å². The maximum Gasteiger partial charge on any atom is 0.249 e. The molecule has 0 radical (unpaired) electrons. The molecular formula is C20H21N3O3S. The number of benzene rings is 1. The highest BCUT2D eigenvalue weighted by Gasteiger charge is 2.34. The number of carbonyl (C=O) groups is 2. The Bertz CT molecular complexity index is 935. The average Bonchev–Trinajstić information content (AvgIpc) is 3.33. The van der Waals surface area contributed by atoms with Gasteiger partial charge in [0.2, 0.25) is 11.8 Å². The Labute approximate surface area is 161 Å². The van der Waals surface area contributed by atoms with Gasteiger partial charge in [-0.1, -0.05) is 24.3 Å². The molecule has 1 fully saturated rings. The SMILES string of the molecule is O=C(NCCc1c[nH]c2ccccc12)[C@H]1COCC(=O)N1Cc1cccs1. The Morgan fingerprint density at radius 1 is 1.30 bits per heavy atom. The van der Waals surface area contributed by atoms with Crippen LogP contribution in [0.3, 0.4) is 0 Å². The van der Waals surface area contributed by atoms with Crippen LogP contribution >= 0.6 is 11.3 Å². The van der Waals surface area contributed by atoms with Crippen molar-refractivity contribution in [3.05, 3.63) is 58.4 Å². The van der Waals surface area contributed by atoms with E-state index in [1.165, 1.54) is 5.39 Å². The van der Waals surface area contributed by atoms with Gasteiger partial charge in [0, 0.05) is 28.5 Å². The fourth-order valence-electron chi connectivity index (χ4n) is 3.37. The molecule has 3 aromatic rings. The van der Waals surface area contributed by atoms with Gasteiger partial charge < -0.3 is 19.9 Å². The number of thiophene rings is 1. The van der Waals surface area contributed by atoms with Crippen LogP contribution in [0.25, 0.3) is 10.9 Å². The average molecular weight is 383 g/mol. The third-order valence-corrected chi connectivity index (χ3v) is 5.64. The lowest BCUT2D eigenvalue weighted by Gasteiger charge is -2.34. The normalized spacial score (nSPS) is 17.4. The van der Waals surface area contributed by atoms with Gasteiger partial charge in [-0.05, 0) is 29.5 Å². The second-order valence-corrected chi connectivity index (χ2v) is 7.56. The van der Waals surface area contributed by atoms with Crippen LogP contribution in [0.5, 0.6) is 0 Å². The van der Waals surface area contributed by atoms with Crippen LogP contribution in [0.4, 0.5) is 0 Å². The Hall–Kier alpha value is -2.64. The zero-order valence-corrected chi connectivity index (χ0v) is 15.6. The predicted octanol–water partition coefficient (Wildman–Crippen LogP) is 2.32. The molecule has 7 heteroatoms. The Kier molecular flexibility index (Phi) is 5.22. The van der Waals surface area contributed by atoms with Crippen LogP contribution in [0, 0.1) is 0 Å². The van der Waals surface area contributed by atoms with Crippen molar-refractivity contribution in [2.75, 3.05) is 19.8 Å². The number of carbonyl (C=O) groups excluding carboxylic acids is 2. The fraction of sp³-hybridized carbons (Fsp3) is 0.300. The van der Waals surface area contributed by atoms with E-state index >= 15 is 0 Å². The number of aromatic amines is 1. The molecule has 4 rings (SSSR count). The summed E-state index contributed by atoms with van der Waals surface area (Å²) in [6.45, 7) is 1.22. The van der Waals surface area contributed by atoms with Crippen molar-refractivity contribution >= 4 is 34.1 Å². The van der Waals surface area contributed by atoms with Crippen molar-refractivity contribution in [1.29, 1.82) is 0 Å². The minimum Gasteiger partial charge on any atom is -0.369 e. The number of H-pyrrole nitrogens is 1. The molecule has 0 saturated carbocycles. The summed E-state index contributed by atoms with van der Waals surface area (Å²) >= 11 is 1.58. The number of nitrogens with zero attached hydrogens (tertiary/aromatic N) is 1. The standard InChI is InChI=1S/C20H21N3O3S/c24-19-13-26-12-18(23(19)11-15-4-3-9-27-15)20(25)21-8-7-14-10-22-17-6-2-1-5-16(14)17/h1-6,9-10,18,22H,7-8,11-13H2,(H,21,25)/t18-/m1/s1. The Morgan fingerprint density at radius 2 is 2.19 bits per heavy atom. The molecule has 1 aliphatic heterocycles. The summed E-state index contributed by atoms with van der Waals surface area (Å²) in [7, 11) is 0. The Balaban J connectivity index is 1.38. The van der Waals surface area contributed by atoms with Crippen LogP contribution < -0.4 is 5.32 Å². The van der Waals surface area contributed by atoms with E-state index in [0.717, 1.165) is 22.4 Å². The van der Waals surface area contributed by atoms with E-state index < -0.39 is 6.04 Å². The maximum atomic E-state index is 12.7. The molecule has 140 valence electrons. The first-order valence-corrected chi connectivity index (χ1v) is 9.82. The van der Waals surface area contributed by atoms with E-state index in [-0.39, 0.29) is 25.0 Å². The second kappa shape index (κ2) is 7.94. The molecule has 0 aliphatic carbocycles. The topological polar surface area (TPSA) is 74.4 Å². The summed E-state index contributed by atoms with van der Waals surface area (Å²) in [6, 6.07) is 11.4. The van der Waals surface area contributed by atoms with E-state index in [1.54, 1.807) is 16.2 Å². The quantitative estimate of drug-likeness (QED) is 0.686. The van der Waals surface area contributed by atoms with Gasteiger partial charge in [0.1, 0.15) is 12.6 Å². The maximum absolute atomic E-state index is 12.7. The number of para-hydroxylation sites is 1. The van der Waals surface area contributed by atoms with E-state index in [1.807, 2.05) is 41.9 Å². The summed E-state index contributed by atoms with van der Waals surface area (Å²) in [5.74, 6) is -0.314. The smallest absolute Gasteiger partial charge is 0.249 e. The number of aromatic nitrogens is 1. The third kappa shape index (κ3) is 3.89. The summed E-state index contributed by atoms with van der Waals surface area (Å²) in [4.78, 5) is 30.9. The summed E-state index contributed by atoms with van der Waals surface area (Å²) in [6.07, 6.45) is 2.70. The van der Waals surface area contributed by atoms with Gasteiger partial charge in [0.05, 0.1) is 13.2 Å². The van der Waals surface area contributed by atoms with Gasteiger partial charge in [0.15, 0.2) is 0 Å². The highest BCUT2D eigenvalue weighted by Crippen LogP contribution is 2.19. The number of nitrogens with one attached hydrogen (secondary N) is 2. The van der Waals surface area contributed by atoms with Crippen molar-refractivity contribution in [2.45, 2.75) is 19.0 Å². The highest BCUT2D eigenvalue weighted by molar-refractivity contribution is 7.09. The zero-order valence-electron chi connectivity index (χ0n) is 14.8. The van der Waals surface area contributed by atoms with Crippen molar-refractivity contribution in [3.63, 3.8) is 0 Å². The third-order valence-electron chi connectivity index (χ3n) is 4.78. The van der Waals surface area contributed by atoms with Crippen LogP contribution in [0.15, 0.2) is 48.0 Å². The molecule has 0 bridgehead atoms. The van der Waals surface area contributed by atoms with E-state index in [0.29, 0.717) is 13.1 Å². The van der Waals surface area contributed by atoms with Crippen LogP contribution in [-0.4, -0.2) is 47.5 Å².